The summed E-state index contributed by atoms with van der Waals surface area (Å²) in [5.74, 6) is 1.79. The Bertz CT molecular complexity index is 1140. The van der Waals surface area contributed by atoms with Crippen LogP contribution in [-0.2, 0) is 0 Å². The van der Waals surface area contributed by atoms with E-state index in [0.29, 0.717) is 25.0 Å². The molecule has 1 aromatic carbocycles. The molecule has 0 radical (unpaired) electrons. The lowest BCUT2D eigenvalue weighted by Crippen LogP contribution is -2.34. The van der Waals surface area contributed by atoms with E-state index in [9.17, 15) is 0 Å². The van der Waals surface area contributed by atoms with Crippen LogP contribution in [0.25, 0.3) is 0 Å². The highest BCUT2D eigenvalue weighted by Gasteiger charge is 2.16. The molecular formula is C52H99N4P. The summed E-state index contributed by atoms with van der Waals surface area (Å²) < 4.78 is 0. The molecule has 57 heavy (non-hydrogen) atoms. The lowest BCUT2D eigenvalue weighted by Gasteiger charge is -2.25. The second kappa shape index (κ2) is 41.7. The first kappa shape index (κ1) is 61.2. The molecule has 0 bridgehead atoms. The Morgan fingerprint density at radius 3 is 1.68 bits per heavy atom. The van der Waals surface area contributed by atoms with Crippen molar-refractivity contribution >= 4 is 14.3 Å². The van der Waals surface area contributed by atoms with Crippen LogP contribution in [0.2, 0.25) is 0 Å². The molecule has 4 N–H and O–H groups in total. The molecule has 3 atom stereocenters. The summed E-state index contributed by atoms with van der Waals surface area (Å²) in [6.45, 7) is 52.5. The van der Waals surface area contributed by atoms with Crippen LogP contribution in [0.5, 0.6) is 0 Å². The average molecular weight is 811 g/mol. The van der Waals surface area contributed by atoms with Crippen molar-refractivity contribution in [2.75, 3.05) is 32.5 Å². The molecule has 4 nitrogen and oxygen atoms in total. The first-order valence-electron chi connectivity index (χ1n) is 22.7. The number of hydrogen-bond acceptors (Lipinski definition) is 4. The fourth-order valence-corrected chi connectivity index (χ4v) is 6.24. The number of nitrogens with zero attached hydrogens (tertiary/aromatic N) is 1. The molecule has 0 amide bonds. The number of nitrogens with two attached hydrogens (primary N) is 1. The second-order valence-electron chi connectivity index (χ2n) is 17.0. The molecule has 0 saturated heterocycles. The average Bonchev–Trinajstić information content (AvgIpc) is 3.19. The zero-order valence-electron chi connectivity index (χ0n) is 40.7. The predicted octanol–water partition coefficient (Wildman–Crippen LogP) is 15.5. The number of aliphatic imine (C=N–C) groups is 1. The Morgan fingerprint density at radius 1 is 0.842 bits per heavy atom. The predicted molar refractivity (Wildman–Crippen MR) is 270 cm³/mol. The van der Waals surface area contributed by atoms with E-state index in [0.717, 1.165) is 73.5 Å². The number of benzene rings is 1. The summed E-state index contributed by atoms with van der Waals surface area (Å²) in [5, 5.41) is 6.86. The maximum Gasteiger partial charge on any atom is 0.0615 e. The van der Waals surface area contributed by atoms with Crippen molar-refractivity contribution < 1.29 is 0 Å². The van der Waals surface area contributed by atoms with Crippen LogP contribution < -0.4 is 16.4 Å². The Kier molecular flexibility index (Phi) is 44.8. The summed E-state index contributed by atoms with van der Waals surface area (Å²) in [6.07, 6.45) is 18.5. The van der Waals surface area contributed by atoms with Gasteiger partial charge in [-0.05, 0) is 73.0 Å². The molecule has 1 aliphatic carbocycles. The molecular weight excluding hydrogens is 712 g/mol. The summed E-state index contributed by atoms with van der Waals surface area (Å²) in [4.78, 5) is 4.71. The minimum atomic E-state index is 0.131. The molecule has 1 aliphatic rings. The van der Waals surface area contributed by atoms with Crippen LogP contribution in [0.15, 0.2) is 96.3 Å². The van der Waals surface area contributed by atoms with Crippen molar-refractivity contribution in [2.24, 2.45) is 28.0 Å². The minimum absolute atomic E-state index is 0.131. The molecule has 0 aromatic heterocycles. The van der Waals surface area contributed by atoms with Crippen LogP contribution in [0.4, 0.5) is 0 Å². The molecule has 332 valence electrons. The van der Waals surface area contributed by atoms with Gasteiger partial charge in [0, 0.05) is 17.9 Å². The molecule has 5 heteroatoms. The highest BCUT2D eigenvalue weighted by Crippen LogP contribution is 2.26. The number of hydrogen-bond donors (Lipinski definition) is 3. The van der Waals surface area contributed by atoms with Crippen LogP contribution >= 0.6 is 8.58 Å². The van der Waals surface area contributed by atoms with Gasteiger partial charge in [0.25, 0.3) is 0 Å². The Balaban J connectivity index is -0.000000389. The minimum Gasteiger partial charge on any atom is -0.382 e. The van der Waals surface area contributed by atoms with Gasteiger partial charge in [0.2, 0.25) is 0 Å². The zero-order chi connectivity index (χ0) is 44.7. The third-order valence-corrected chi connectivity index (χ3v) is 10.0. The fourth-order valence-electron chi connectivity index (χ4n) is 5.64. The molecule has 3 unspecified atom stereocenters. The number of nitrogens with one attached hydrogen (secondary N) is 2. The quantitative estimate of drug-likeness (QED) is 0.0532. The standard InChI is InChI=1S/C24H36N4.C10H22.C6H12.C5H11P.C5H12.C2H6/c1-7-12-23(28-19(4)8-2)20(5)21(6)26-17-24(27-16-18(3)15-25)22-13-10-9-11-14-22;1-6-7-9(2)8-10(3,4)5;1-2-4-6-5-3-1;1-5(2)4-6-3;1-4-5(2)3;1-2/h9-11,13-14,23,26,28H,3-8,12,15-17,25H2,1-2H3;9H,6-8H2,1-5H3;1-6H2;6H,1,4H2,2-3H3;5H,4H2,1-3H3;1-2H3. The highest BCUT2D eigenvalue weighted by molar-refractivity contribution is 7.37. The van der Waals surface area contributed by atoms with Gasteiger partial charge in [0.05, 0.1) is 24.8 Å². The Hall–Kier alpha value is -2.42. The zero-order valence-corrected chi connectivity index (χ0v) is 41.7. The SMILES string of the molecule is C1CCCCC1.C=C(C)CPC.C=C(CN)CN=C(CNC(=C)C(=C)C(CCC)NC(=C)CC)c1ccccc1.CC.CCC(C)C.CCCC(C)CC(C)(C)C. The van der Waals surface area contributed by atoms with Crippen LogP contribution in [0, 0.1) is 17.3 Å². The number of allylic oxidation sites excluding steroid dienone is 2. The maximum atomic E-state index is 5.65. The topological polar surface area (TPSA) is 62.4 Å². The molecule has 1 fully saturated rings. The van der Waals surface area contributed by atoms with Crippen molar-refractivity contribution in [1.82, 2.24) is 10.6 Å². The Labute approximate surface area is 360 Å². The van der Waals surface area contributed by atoms with E-state index in [2.05, 4.69) is 138 Å². The van der Waals surface area contributed by atoms with Gasteiger partial charge >= 0.3 is 0 Å². The van der Waals surface area contributed by atoms with Crippen LogP contribution in [0.3, 0.4) is 0 Å². The molecule has 1 saturated carbocycles. The maximum absolute atomic E-state index is 5.65. The van der Waals surface area contributed by atoms with Gasteiger partial charge in [-0.15, -0.1) is 8.58 Å². The molecule has 1 aromatic rings. The molecule has 2 rings (SSSR count). The Morgan fingerprint density at radius 2 is 1.33 bits per heavy atom. The fraction of sp³-hybridized carbons (Fsp3) is 0.673. The monoisotopic (exact) mass is 811 g/mol. The number of rotatable bonds is 20. The lowest BCUT2D eigenvalue weighted by atomic mass is 9.84. The third-order valence-electron chi connectivity index (χ3n) is 9.09. The van der Waals surface area contributed by atoms with E-state index in [1.165, 1.54) is 75.9 Å². The van der Waals surface area contributed by atoms with Gasteiger partial charge in [-0.2, -0.15) is 0 Å². The van der Waals surface area contributed by atoms with Crippen molar-refractivity contribution in [3.63, 3.8) is 0 Å². The van der Waals surface area contributed by atoms with Gasteiger partial charge < -0.3 is 16.4 Å². The van der Waals surface area contributed by atoms with E-state index < -0.39 is 0 Å². The lowest BCUT2D eigenvalue weighted by molar-refractivity contribution is 0.295. The van der Waals surface area contributed by atoms with E-state index >= 15 is 0 Å². The van der Waals surface area contributed by atoms with Crippen LogP contribution in [0.1, 0.15) is 179 Å². The first-order chi connectivity index (χ1) is 26.9. The second-order valence-corrected chi connectivity index (χ2v) is 18.0. The van der Waals surface area contributed by atoms with Crippen LogP contribution in [-0.4, -0.2) is 44.2 Å². The van der Waals surface area contributed by atoms with Crippen molar-refractivity contribution in [3.8, 4) is 0 Å². The summed E-state index contributed by atoms with van der Waals surface area (Å²) >= 11 is 0. The molecule has 0 heterocycles. The summed E-state index contributed by atoms with van der Waals surface area (Å²) in [5.41, 5.74) is 13.2. The van der Waals surface area contributed by atoms with Crippen molar-refractivity contribution in [1.29, 1.82) is 0 Å². The van der Waals surface area contributed by atoms with Gasteiger partial charge in [0.1, 0.15) is 0 Å². The van der Waals surface area contributed by atoms with E-state index in [1.807, 2.05) is 32.0 Å². The van der Waals surface area contributed by atoms with Gasteiger partial charge in [-0.3, -0.25) is 4.99 Å². The van der Waals surface area contributed by atoms with Crippen molar-refractivity contribution in [2.45, 2.75) is 180 Å². The third kappa shape index (κ3) is 43.0. The van der Waals surface area contributed by atoms with Crippen molar-refractivity contribution in [3.05, 3.63) is 96.9 Å². The highest BCUT2D eigenvalue weighted by atomic mass is 31.1. The molecule has 0 aliphatic heterocycles. The van der Waals surface area contributed by atoms with E-state index in [4.69, 9.17) is 10.7 Å². The molecule has 0 spiro atoms. The first-order valence-corrected chi connectivity index (χ1v) is 24.4. The van der Waals surface area contributed by atoms with Gasteiger partial charge in [-0.25, -0.2) is 0 Å². The smallest absolute Gasteiger partial charge is 0.0615 e. The van der Waals surface area contributed by atoms with Gasteiger partial charge in [0.15, 0.2) is 0 Å². The van der Waals surface area contributed by atoms with E-state index in [1.54, 1.807) is 0 Å². The van der Waals surface area contributed by atoms with E-state index in [-0.39, 0.29) is 6.04 Å². The summed E-state index contributed by atoms with van der Waals surface area (Å²) in [6, 6.07) is 10.2. The normalized spacial score (nSPS) is 13.2. The summed E-state index contributed by atoms with van der Waals surface area (Å²) in [7, 11) is 1.04. The van der Waals surface area contributed by atoms with Gasteiger partial charge in [-0.1, -0.05) is 216 Å². The largest absolute Gasteiger partial charge is 0.382 e.